The van der Waals surface area contributed by atoms with Crippen LogP contribution >= 0.6 is 11.3 Å². The van der Waals surface area contributed by atoms with E-state index in [2.05, 4.69) is 32.1 Å². The van der Waals surface area contributed by atoms with E-state index in [4.69, 9.17) is 0 Å². The average molecular weight is 360 g/mol. The van der Waals surface area contributed by atoms with Crippen molar-refractivity contribution in [3.63, 3.8) is 0 Å². The maximum Gasteiger partial charge on any atom is 0.284 e. The molecule has 1 aliphatic rings. The molecule has 128 valence electrons. The van der Waals surface area contributed by atoms with Crippen molar-refractivity contribution < 1.29 is 4.79 Å². The van der Waals surface area contributed by atoms with Crippen LogP contribution < -0.4 is 5.32 Å². The summed E-state index contributed by atoms with van der Waals surface area (Å²) in [5.74, 6) is 6.23. The van der Waals surface area contributed by atoms with Crippen molar-refractivity contribution in [3.05, 3.63) is 69.7 Å². The molecule has 3 aromatic rings. The number of rotatable bonds is 2. The van der Waals surface area contributed by atoms with Crippen LogP contribution in [0.15, 0.2) is 42.7 Å². The molecule has 0 bridgehead atoms. The average Bonchev–Trinajstić information content (AvgIpc) is 3.12. The van der Waals surface area contributed by atoms with Gasteiger partial charge in [-0.25, -0.2) is 15.0 Å². The van der Waals surface area contributed by atoms with Gasteiger partial charge in [-0.2, -0.15) is 0 Å². The number of hydrogen-bond donors (Lipinski definition) is 1. The molecular weight excluding hydrogens is 344 g/mol. The van der Waals surface area contributed by atoms with Gasteiger partial charge in [-0.05, 0) is 55.9 Å². The van der Waals surface area contributed by atoms with Gasteiger partial charge in [0.05, 0.1) is 5.69 Å². The number of amides is 1. The summed E-state index contributed by atoms with van der Waals surface area (Å²) in [4.78, 5) is 26.4. The Kier molecular flexibility index (Phi) is 4.71. The second-order valence-corrected chi connectivity index (χ2v) is 7.04. The highest BCUT2D eigenvalue weighted by Gasteiger charge is 2.19. The lowest BCUT2D eigenvalue weighted by atomic mass is 10.0. The Balaban J connectivity index is 1.49. The van der Waals surface area contributed by atoms with E-state index in [1.165, 1.54) is 22.6 Å². The summed E-state index contributed by atoms with van der Waals surface area (Å²) in [6.07, 6.45) is 7.66. The predicted molar refractivity (Wildman–Crippen MR) is 101 cm³/mol. The number of aryl methyl sites for hydroxylation is 2. The third kappa shape index (κ3) is 3.79. The van der Waals surface area contributed by atoms with E-state index >= 15 is 0 Å². The molecule has 0 unspecified atom stereocenters. The Morgan fingerprint density at radius 3 is 2.77 bits per heavy atom. The molecule has 26 heavy (non-hydrogen) atoms. The Morgan fingerprint density at radius 1 is 1.08 bits per heavy atom. The lowest BCUT2D eigenvalue weighted by Crippen LogP contribution is -2.11. The second kappa shape index (κ2) is 7.46. The number of nitrogens with zero attached hydrogens (tertiary/aromatic N) is 3. The quantitative estimate of drug-likeness (QED) is 0.711. The number of fused-ring (bicyclic) bond motifs is 1. The number of thiazole rings is 1. The van der Waals surface area contributed by atoms with Crippen molar-refractivity contribution >= 4 is 22.9 Å². The molecule has 2 aromatic heterocycles. The van der Waals surface area contributed by atoms with E-state index in [9.17, 15) is 4.79 Å². The highest BCUT2D eigenvalue weighted by atomic mass is 32.1. The molecule has 0 saturated heterocycles. The molecule has 2 heterocycles. The van der Waals surface area contributed by atoms with E-state index in [0.717, 1.165) is 30.5 Å². The van der Waals surface area contributed by atoms with Crippen LogP contribution in [0.2, 0.25) is 0 Å². The van der Waals surface area contributed by atoms with E-state index in [0.29, 0.717) is 16.5 Å². The Morgan fingerprint density at radius 2 is 1.92 bits per heavy atom. The monoisotopic (exact) mass is 360 g/mol. The molecule has 4 rings (SSSR count). The topological polar surface area (TPSA) is 67.8 Å². The fourth-order valence-electron chi connectivity index (χ4n) is 2.80. The Hall–Kier alpha value is -3.04. The summed E-state index contributed by atoms with van der Waals surface area (Å²) in [6, 6.07) is 9.17. The molecule has 0 radical (unpaired) electrons. The van der Waals surface area contributed by atoms with Crippen molar-refractivity contribution in [1.82, 2.24) is 15.0 Å². The normalized spacial score (nSPS) is 12.6. The highest BCUT2D eigenvalue weighted by Crippen LogP contribution is 2.27. The number of benzene rings is 1. The summed E-state index contributed by atoms with van der Waals surface area (Å²) >= 11 is 1.51. The van der Waals surface area contributed by atoms with Crippen molar-refractivity contribution in [2.45, 2.75) is 25.7 Å². The van der Waals surface area contributed by atoms with Gasteiger partial charge in [0.15, 0.2) is 5.01 Å². The Labute approximate surface area is 155 Å². The summed E-state index contributed by atoms with van der Waals surface area (Å²) in [6.45, 7) is 0. The van der Waals surface area contributed by atoms with Crippen molar-refractivity contribution in [2.75, 3.05) is 5.32 Å². The van der Waals surface area contributed by atoms with Crippen LogP contribution in [0.5, 0.6) is 0 Å². The van der Waals surface area contributed by atoms with Crippen LogP contribution in [-0.2, 0) is 12.8 Å². The van der Waals surface area contributed by atoms with Gasteiger partial charge in [0, 0.05) is 28.5 Å². The van der Waals surface area contributed by atoms with Crippen molar-refractivity contribution in [1.29, 1.82) is 0 Å². The summed E-state index contributed by atoms with van der Waals surface area (Å²) in [5, 5.41) is 3.45. The van der Waals surface area contributed by atoms with Crippen LogP contribution in [0.3, 0.4) is 0 Å². The van der Waals surface area contributed by atoms with Crippen LogP contribution in [-0.4, -0.2) is 20.9 Å². The predicted octanol–water partition coefficient (Wildman–Crippen LogP) is 3.46. The van der Waals surface area contributed by atoms with Crippen LogP contribution in [0.25, 0.3) is 0 Å². The first-order valence-electron chi connectivity index (χ1n) is 8.47. The number of anilines is 1. The van der Waals surface area contributed by atoms with E-state index < -0.39 is 0 Å². The van der Waals surface area contributed by atoms with Gasteiger partial charge in [0.25, 0.3) is 5.91 Å². The molecule has 1 aromatic carbocycles. The first kappa shape index (κ1) is 16.4. The van der Waals surface area contributed by atoms with Gasteiger partial charge >= 0.3 is 0 Å². The minimum atomic E-state index is -0.166. The van der Waals surface area contributed by atoms with Crippen LogP contribution in [0.4, 0.5) is 5.69 Å². The zero-order chi connectivity index (χ0) is 17.8. The highest BCUT2D eigenvalue weighted by molar-refractivity contribution is 7.13. The third-order valence-electron chi connectivity index (χ3n) is 4.04. The lowest BCUT2D eigenvalue weighted by molar-refractivity contribution is 0.102. The molecule has 5 nitrogen and oxygen atoms in total. The van der Waals surface area contributed by atoms with Gasteiger partial charge in [-0.3, -0.25) is 4.79 Å². The smallest absolute Gasteiger partial charge is 0.284 e. The minimum absolute atomic E-state index is 0.166. The van der Waals surface area contributed by atoms with E-state index in [-0.39, 0.29) is 5.91 Å². The van der Waals surface area contributed by atoms with Gasteiger partial charge in [0.2, 0.25) is 5.82 Å². The minimum Gasteiger partial charge on any atom is -0.320 e. The zero-order valence-electron chi connectivity index (χ0n) is 14.0. The molecule has 1 amide bonds. The molecule has 0 spiro atoms. The second-order valence-electron chi connectivity index (χ2n) is 5.95. The first-order valence-corrected chi connectivity index (χ1v) is 9.28. The van der Waals surface area contributed by atoms with E-state index in [1.807, 2.05) is 24.3 Å². The Bertz CT molecular complexity index is 978. The van der Waals surface area contributed by atoms with Crippen LogP contribution in [0, 0.1) is 11.8 Å². The third-order valence-corrected chi connectivity index (χ3v) is 5.20. The maximum absolute atomic E-state index is 12.5. The van der Waals surface area contributed by atoms with Gasteiger partial charge in [0.1, 0.15) is 0 Å². The molecule has 0 atom stereocenters. The largest absolute Gasteiger partial charge is 0.320 e. The summed E-state index contributed by atoms with van der Waals surface area (Å²) < 4.78 is 0. The SMILES string of the molecule is O=C(Nc1cccc(C#Cc2ncccn2)c1)c1nc2c(s1)CCCC2. The summed E-state index contributed by atoms with van der Waals surface area (Å²) in [7, 11) is 0. The maximum atomic E-state index is 12.5. The van der Waals surface area contributed by atoms with Crippen molar-refractivity contribution in [2.24, 2.45) is 0 Å². The fraction of sp³-hybridized carbons (Fsp3) is 0.200. The zero-order valence-corrected chi connectivity index (χ0v) is 14.8. The number of nitrogens with one attached hydrogen (secondary N) is 1. The van der Waals surface area contributed by atoms with E-state index in [1.54, 1.807) is 18.5 Å². The molecular formula is C20H16N4OS. The molecule has 1 aliphatic carbocycles. The molecule has 0 saturated carbocycles. The van der Waals surface area contributed by atoms with Crippen molar-refractivity contribution in [3.8, 4) is 11.8 Å². The number of aromatic nitrogens is 3. The molecule has 0 aliphatic heterocycles. The molecule has 0 fully saturated rings. The first-order chi connectivity index (χ1) is 12.8. The summed E-state index contributed by atoms with van der Waals surface area (Å²) in [5.41, 5.74) is 2.58. The van der Waals surface area contributed by atoms with Gasteiger partial charge < -0.3 is 5.32 Å². The van der Waals surface area contributed by atoms with Crippen LogP contribution in [0.1, 0.15) is 44.6 Å². The number of carbonyl (C=O) groups is 1. The molecule has 1 N–H and O–H groups in total. The number of hydrogen-bond acceptors (Lipinski definition) is 5. The number of carbonyl (C=O) groups excluding carboxylic acids is 1. The van der Waals surface area contributed by atoms with Gasteiger partial charge in [-0.15, -0.1) is 11.3 Å². The standard InChI is InChI=1S/C20H16N4OS/c25-19(20-24-16-7-1-2-8-17(16)26-20)23-15-6-3-5-14(13-15)9-10-18-21-11-4-12-22-18/h3-6,11-13H,1-2,7-8H2,(H,23,25). The lowest BCUT2D eigenvalue weighted by Gasteiger charge is -2.06. The molecule has 6 heteroatoms. The van der Waals surface area contributed by atoms with Gasteiger partial charge in [-0.1, -0.05) is 12.0 Å². The fourth-order valence-corrected chi connectivity index (χ4v) is 3.84.